The summed E-state index contributed by atoms with van der Waals surface area (Å²) in [6.45, 7) is 0. The van der Waals surface area contributed by atoms with Crippen LogP contribution in [-0.2, 0) is 20.2 Å². The predicted molar refractivity (Wildman–Crippen MR) is 63.3 cm³/mol. The number of rotatable bonds is 1. The van der Waals surface area contributed by atoms with Gasteiger partial charge < -0.3 is 0 Å². The molecule has 1 rings (SSSR count). The molecule has 1 aromatic carbocycles. The number of hydrogen-bond donors (Lipinski definition) is 0. The Labute approximate surface area is 121 Å². The second-order valence-corrected chi connectivity index (χ2v) is 2.00. The summed E-state index contributed by atoms with van der Waals surface area (Å²) < 4.78 is 5.00. The molecule has 0 N–H and O–H groups in total. The van der Waals surface area contributed by atoms with E-state index in [4.69, 9.17) is 3.39 Å². The minimum absolute atomic E-state index is 0. The average molecular weight is 459 g/mol. The maximum absolute atomic E-state index is 5.00. The Bertz CT molecular complexity index is 162. The average Bonchev–Trinajstić information content (AvgIpc) is 1.90. The SMILES string of the molecule is Cl.Cl.Cl.Cl.Cl.[W][O]c1ccccc1. The Kier molecular flexibility index (Phi) is 42.4. The molecule has 13 heavy (non-hydrogen) atoms. The normalized spacial score (nSPS) is 5.23. The molecule has 1 aromatic rings. The van der Waals surface area contributed by atoms with Crippen molar-refractivity contribution in [2.24, 2.45) is 0 Å². The summed E-state index contributed by atoms with van der Waals surface area (Å²) in [7, 11) is 0. The summed E-state index contributed by atoms with van der Waals surface area (Å²) in [5, 5.41) is 0. The first-order valence-electron chi connectivity index (χ1n) is 2.28. The molecule has 0 aliphatic heterocycles. The fourth-order valence-corrected chi connectivity index (χ4v) is 0.875. The predicted octanol–water partition coefficient (Wildman–Crippen LogP) is 3.64. The quantitative estimate of drug-likeness (QED) is 0.624. The van der Waals surface area contributed by atoms with Gasteiger partial charge in [0.05, 0.1) is 0 Å². The van der Waals surface area contributed by atoms with Crippen LogP contribution in [0.5, 0.6) is 5.75 Å². The van der Waals surface area contributed by atoms with Crippen LogP contribution in [0.3, 0.4) is 0 Å². The molecule has 0 spiro atoms. The van der Waals surface area contributed by atoms with E-state index in [-0.39, 0.29) is 62.0 Å². The van der Waals surface area contributed by atoms with Crippen molar-refractivity contribution in [3.05, 3.63) is 30.3 Å². The zero-order valence-corrected chi connectivity index (χ0v) is 13.3. The van der Waals surface area contributed by atoms with Crippen LogP contribution in [0.25, 0.3) is 0 Å². The Morgan fingerprint density at radius 3 is 1.38 bits per heavy atom. The van der Waals surface area contributed by atoms with E-state index in [0.29, 0.717) is 0 Å². The van der Waals surface area contributed by atoms with Gasteiger partial charge in [0.25, 0.3) is 0 Å². The second kappa shape index (κ2) is 18.8. The van der Waals surface area contributed by atoms with Gasteiger partial charge in [0.2, 0.25) is 0 Å². The molecule has 0 bridgehead atoms. The molecule has 81 valence electrons. The first-order valence-corrected chi connectivity index (χ1v) is 3.48. The van der Waals surface area contributed by atoms with Crippen LogP contribution in [0.1, 0.15) is 0 Å². The van der Waals surface area contributed by atoms with Gasteiger partial charge in [-0.1, -0.05) is 0 Å². The molecule has 0 unspecified atom stereocenters. The van der Waals surface area contributed by atoms with Crippen LogP contribution in [0.2, 0.25) is 0 Å². The second-order valence-electron chi connectivity index (χ2n) is 1.40. The molecular weight excluding hydrogens is 449 g/mol. The molecule has 0 heterocycles. The van der Waals surface area contributed by atoms with E-state index in [2.05, 4.69) is 0 Å². The maximum atomic E-state index is 5.00. The van der Waals surface area contributed by atoms with Gasteiger partial charge in [-0.15, -0.1) is 62.0 Å². The van der Waals surface area contributed by atoms with E-state index in [1.54, 1.807) is 0 Å². The summed E-state index contributed by atoms with van der Waals surface area (Å²) in [6.07, 6.45) is 0. The van der Waals surface area contributed by atoms with Crippen LogP contribution >= 0.6 is 62.0 Å². The zero-order valence-electron chi connectivity index (χ0n) is 6.24. The van der Waals surface area contributed by atoms with Gasteiger partial charge in [0.15, 0.2) is 0 Å². The van der Waals surface area contributed by atoms with Crippen LogP contribution in [0.4, 0.5) is 0 Å². The first kappa shape index (κ1) is 29.2. The molecule has 0 aliphatic carbocycles. The fraction of sp³-hybridized carbons (Fsp3) is 0. The number of hydrogen-bond acceptors (Lipinski definition) is 1. The van der Waals surface area contributed by atoms with Gasteiger partial charge in [-0.25, -0.2) is 0 Å². The standard InChI is InChI=1S/C6H6O.5ClH.W/c7-6-4-2-1-3-5-6;;;;;;/h1-5,7H;5*1H;/q;;;;;;+1/p-1. The van der Waals surface area contributed by atoms with Gasteiger partial charge in [0.1, 0.15) is 0 Å². The summed E-state index contributed by atoms with van der Waals surface area (Å²) in [6, 6.07) is 9.76. The van der Waals surface area contributed by atoms with Crippen molar-refractivity contribution in [2.75, 3.05) is 0 Å². The third-order valence-corrected chi connectivity index (χ3v) is 1.53. The van der Waals surface area contributed by atoms with E-state index in [1.807, 2.05) is 30.3 Å². The number of halogens is 5. The van der Waals surface area contributed by atoms with Crippen molar-refractivity contribution < 1.29 is 23.6 Å². The van der Waals surface area contributed by atoms with Gasteiger partial charge in [0, 0.05) is 0 Å². The monoisotopic (exact) mass is 457 g/mol. The molecule has 0 atom stereocenters. The third kappa shape index (κ3) is 13.2. The minimum atomic E-state index is 0. The van der Waals surface area contributed by atoms with Crippen LogP contribution < -0.4 is 3.39 Å². The third-order valence-electron chi connectivity index (χ3n) is 0.839. The number of benzene rings is 1. The summed E-state index contributed by atoms with van der Waals surface area (Å²) >= 11 is 1.13. The molecule has 0 amide bonds. The van der Waals surface area contributed by atoms with Crippen molar-refractivity contribution in [1.29, 1.82) is 0 Å². The topological polar surface area (TPSA) is 9.23 Å². The molecule has 1 nitrogen and oxygen atoms in total. The van der Waals surface area contributed by atoms with E-state index in [1.165, 1.54) is 0 Å². The van der Waals surface area contributed by atoms with Gasteiger partial charge in [-0.3, -0.25) is 0 Å². The summed E-state index contributed by atoms with van der Waals surface area (Å²) in [5.41, 5.74) is 0. The number of para-hydroxylation sites is 1. The van der Waals surface area contributed by atoms with Crippen molar-refractivity contribution in [3.63, 3.8) is 0 Å². The van der Waals surface area contributed by atoms with E-state index in [0.717, 1.165) is 25.9 Å². The summed E-state index contributed by atoms with van der Waals surface area (Å²) in [5.74, 6) is 0.947. The van der Waals surface area contributed by atoms with Gasteiger partial charge >= 0.3 is 59.7 Å². The van der Waals surface area contributed by atoms with Crippen LogP contribution in [0.15, 0.2) is 30.3 Å². The molecular formula is C6H10Cl5OW. The van der Waals surface area contributed by atoms with Gasteiger partial charge in [-0.2, -0.15) is 0 Å². The van der Waals surface area contributed by atoms with E-state index in [9.17, 15) is 0 Å². The molecule has 0 aromatic heterocycles. The Balaban J connectivity index is -0.0000000427. The van der Waals surface area contributed by atoms with E-state index >= 15 is 0 Å². The molecule has 7 heteroatoms. The van der Waals surface area contributed by atoms with Crippen molar-refractivity contribution >= 4 is 62.0 Å². The Morgan fingerprint density at radius 1 is 0.769 bits per heavy atom. The van der Waals surface area contributed by atoms with Crippen LogP contribution in [0, 0.1) is 0 Å². The molecule has 0 saturated heterocycles. The molecule has 0 fully saturated rings. The molecule has 0 saturated carbocycles. The fourth-order valence-electron chi connectivity index (χ4n) is 0.476. The van der Waals surface area contributed by atoms with Crippen LogP contribution in [-0.4, -0.2) is 0 Å². The molecule has 0 radical (unpaired) electrons. The summed E-state index contributed by atoms with van der Waals surface area (Å²) in [4.78, 5) is 0. The Morgan fingerprint density at radius 2 is 1.15 bits per heavy atom. The first-order chi connectivity index (χ1) is 3.93. The molecule has 0 aliphatic rings. The van der Waals surface area contributed by atoms with Crippen molar-refractivity contribution in [1.82, 2.24) is 0 Å². The Hall–Kier alpha value is 1.16. The van der Waals surface area contributed by atoms with E-state index < -0.39 is 0 Å². The zero-order chi connectivity index (χ0) is 5.82. The van der Waals surface area contributed by atoms with Gasteiger partial charge in [-0.05, 0) is 0 Å². The van der Waals surface area contributed by atoms with Crippen molar-refractivity contribution in [2.45, 2.75) is 0 Å². The van der Waals surface area contributed by atoms with Crippen molar-refractivity contribution in [3.8, 4) is 5.75 Å².